The second kappa shape index (κ2) is 7.21. The van der Waals surface area contributed by atoms with Crippen LogP contribution < -0.4 is 5.32 Å². The molecule has 0 bridgehead atoms. The van der Waals surface area contributed by atoms with Gasteiger partial charge in [-0.3, -0.25) is 0 Å². The minimum atomic E-state index is 0.908. The van der Waals surface area contributed by atoms with Crippen molar-refractivity contribution in [2.24, 2.45) is 0 Å². The molecule has 0 fully saturated rings. The number of thiol groups is 1. The Balaban J connectivity index is 2.29. The fraction of sp³-hybridized carbons (Fsp3) is 0.455. The van der Waals surface area contributed by atoms with Crippen molar-refractivity contribution in [3.63, 3.8) is 0 Å². The van der Waals surface area contributed by atoms with Gasteiger partial charge in [0.2, 0.25) is 0 Å². The van der Waals surface area contributed by atoms with Crippen LogP contribution >= 0.6 is 24.4 Å². The van der Waals surface area contributed by atoms with Crippen LogP contribution in [0, 0.1) is 0 Å². The SMILES string of the molecule is CSc1ccc(CCNCCS)cc1. The van der Waals surface area contributed by atoms with Crippen LogP contribution in [0.5, 0.6) is 0 Å². The van der Waals surface area contributed by atoms with Gasteiger partial charge in [-0.25, -0.2) is 0 Å². The van der Waals surface area contributed by atoms with Crippen LogP contribution in [0.25, 0.3) is 0 Å². The molecule has 0 heterocycles. The zero-order chi connectivity index (χ0) is 10.2. The number of rotatable bonds is 6. The number of nitrogens with one attached hydrogen (secondary N) is 1. The lowest BCUT2D eigenvalue weighted by atomic mass is 10.1. The average molecular weight is 227 g/mol. The molecule has 1 N–H and O–H groups in total. The van der Waals surface area contributed by atoms with Crippen molar-refractivity contribution in [1.29, 1.82) is 0 Å². The largest absolute Gasteiger partial charge is 0.316 e. The van der Waals surface area contributed by atoms with Crippen LogP contribution in [0.4, 0.5) is 0 Å². The van der Waals surface area contributed by atoms with Crippen LogP contribution in [-0.2, 0) is 6.42 Å². The van der Waals surface area contributed by atoms with E-state index in [0.29, 0.717) is 0 Å². The first-order valence-electron chi connectivity index (χ1n) is 4.81. The minimum Gasteiger partial charge on any atom is -0.316 e. The highest BCUT2D eigenvalue weighted by Gasteiger charge is 1.93. The molecule has 78 valence electrons. The summed E-state index contributed by atoms with van der Waals surface area (Å²) >= 11 is 5.93. The maximum atomic E-state index is 4.14. The van der Waals surface area contributed by atoms with Gasteiger partial charge in [-0.05, 0) is 36.9 Å². The molecule has 0 radical (unpaired) electrons. The third-order valence-corrected chi connectivity index (χ3v) is 3.01. The molecule has 14 heavy (non-hydrogen) atoms. The molecule has 1 aromatic rings. The highest BCUT2D eigenvalue weighted by Crippen LogP contribution is 2.14. The standard InChI is InChI=1S/C11H17NS2/c1-14-11-4-2-10(3-5-11)6-7-12-8-9-13/h2-5,12-13H,6-9H2,1H3. The van der Waals surface area contributed by atoms with Crippen molar-refractivity contribution >= 4 is 24.4 Å². The molecule has 1 rings (SSSR count). The maximum absolute atomic E-state index is 4.14. The van der Waals surface area contributed by atoms with E-state index in [1.54, 1.807) is 11.8 Å². The van der Waals surface area contributed by atoms with Gasteiger partial charge in [-0.1, -0.05) is 12.1 Å². The molecule has 0 unspecified atom stereocenters. The van der Waals surface area contributed by atoms with E-state index in [1.807, 2.05) is 0 Å². The number of hydrogen-bond donors (Lipinski definition) is 2. The van der Waals surface area contributed by atoms with E-state index >= 15 is 0 Å². The Bertz CT molecular complexity index is 246. The topological polar surface area (TPSA) is 12.0 Å². The van der Waals surface area contributed by atoms with Gasteiger partial charge in [0.25, 0.3) is 0 Å². The Morgan fingerprint density at radius 1 is 1.21 bits per heavy atom. The van der Waals surface area contributed by atoms with Crippen LogP contribution in [0.15, 0.2) is 29.2 Å². The maximum Gasteiger partial charge on any atom is 0.00693 e. The summed E-state index contributed by atoms with van der Waals surface area (Å²) in [6.07, 6.45) is 3.20. The molecule has 0 aliphatic heterocycles. The van der Waals surface area contributed by atoms with Gasteiger partial charge >= 0.3 is 0 Å². The lowest BCUT2D eigenvalue weighted by Crippen LogP contribution is -2.19. The van der Waals surface area contributed by atoms with Gasteiger partial charge in [-0.2, -0.15) is 12.6 Å². The van der Waals surface area contributed by atoms with Crippen LogP contribution in [0.1, 0.15) is 5.56 Å². The molecule has 1 nitrogen and oxygen atoms in total. The van der Waals surface area contributed by atoms with Gasteiger partial charge in [0.05, 0.1) is 0 Å². The lowest BCUT2D eigenvalue weighted by Gasteiger charge is -2.03. The molecule has 0 aliphatic rings. The quantitative estimate of drug-likeness (QED) is 0.440. The van der Waals surface area contributed by atoms with Crippen molar-refractivity contribution in [3.05, 3.63) is 29.8 Å². The Morgan fingerprint density at radius 3 is 2.50 bits per heavy atom. The molecule has 0 amide bonds. The van der Waals surface area contributed by atoms with Crippen molar-refractivity contribution < 1.29 is 0 Å². The van der Waals surface area contributed by atoms with E-state index in [9.17, 15) is 0 Å². The van der Waals surface area contributed by atoms with E-state index in [2.05, 4.69) is 48.5 Å². The number of hydrogen-bond acceptors (Lipinski definition) is 3. The fourth-order valence-electron chi connectivity index (χ4n) is 1.23. The first-order chi connectivity index (χ1) is 6.86. The van der Waals surface area contributed by atoms with Crippen LogP contribution in [0.2, 0.25) is 0 Å². The monoisotopic (exact) mass is 227 g/mol. The summed E-state index contributed by atoms with van der Waals surface area (Å²) in [4.78, 5) is 1.33. The fourth-order valence-corrected chi connectivity index (χ4v) is 1.80. The molecular formula is C11H17NS2. The Hall–Kier alpha value is -0.120. The smallest absolute Gasteiger partial charge is 0.00693 e. The van der Waals surface area contributed by atoms with Crippen molar-refractivity contribution in [1.82, 2.24) is 5.32 Å². The molecule has 0 aromatic heterocycles. The van der Waals surface area contributed by atoms with Crippen LogP contribution in [-0.4, -0.2) is 25.1 Å². The van der Waals surface area contributed by atoms with E-state index in [4.69, 9.17) is 0 Å². The number of benzene rings is 1. The molecule has 0 saturated carbocycles. The second-order valence-electron chi connectivity index (χ2n) is 3.07. The van der Waals surface area contributed by atoms with Crippen molar-refractivity contribution in [2.45, 2.75) is 11.3 Å². The summed E-state index contributed by atoms with van der Waals surface area (Å²) < 4.78 is 0. The first kappa shape index (κ1) is 12.0. The zero-order valence-corrected chi connectivity index (χ0v) is 10.2. The number of thioether (sulfide) groups is 1. The molecule has 0 atom stereocenters. The Morgan fingerprint density at radius 2 is 1.93 bits per heavy atom. The highest BCUT2D eigenvalue weighted by atomic mass is 32.2. The Kier molecular flexibility index (Phi) is 6.15. The van der Waals surface area contributed by atoms with Gasteiger partial charge < -0.3 is 5.32 Å². The van der Waals surface area contributed by atoms with Gasteiger partial charge in [-0.15, -0.1) is 11.8 Å². The minimum absolute atomic E-state index is 0.908. The summed E-state index contributed by atoms with van der Waals surface area (Å²) in [7, 11) is 0. The summed E-state index contributed by atoms with van der Waals surface area (Å²) in [6.45, 7) is 2.03. The third kappa shape index (κ3) is 4.40. The van der Waals surface area contributed by atoms with Gasteiger partial charge in [0.1, 0.15) is 0 Å². The summed E-state index contributed by atoms with van der Waals surface area (Å²) in [5.74, 6) is 0.908. The zero-order valence-electron chi connectivity index (χ0n) is 8.49. The molecule has 3 heteroatoms. The van der Waals surface area contributed by atoms with E-state index in [1.165, 1.54) is 10.5 Å². The van der Waals surface area contributed by atoms with Crippen LogP contribution in [0.3, 0.4) is 0 Å². The van der Waals surface area contributed by atoms with Crippen molar-refractivity contribution in [2.75, 3.05) is 25.1 Å². The summed E-state index contributed by atoms with van der Waals surface area (Å²) in [6, 6.07) is 8.76. The van der Waals surface area contributed by atoms with Gasteiger partial charge in [0.15, 0.2) is 0 Å². The average Bonchev–Trinajstić information content (AvgIpc) is 2.25. The molecule has 1 aromatic carbocycles. The van der Waals surface area contributed by atoms with E-state index < -0.39 is 0 Å². The first-order valence-corrected chi connectivity index (χ1v) is 6.67. The lowest BCUT2D eigenvalue weighted by molar-refractivity contribution is 0.721. The van der Waals surface area contributed by atoms with Crippen molar-refractivity contribution in [3.8, 4) is 0 Å². The highest BCUT2D eigenvalue weighted by molar-refractivity contribution is 7.98. The second-order valence-corrected chi connectivity index (χ2v) is 4.40. The molecule has 0 aliphatic carbocycles. The predicted octanol–water partition coefficient (Wildman–Crippen LogP) is 2.47. The van der Waals surface area contributed by atoms with E-state index in [-0.39, 0.29) is 0 Å². The molecule has 0 saturated heterocycles. The Labute approximate surface area is 96.1 Å². The van der Waals surface area contributed by atoms with E-state index in [0.717, 1.165) is 25.3 Å². The third-order valence-electron chi connectivity index (χ3n) is 2.04. The summed E-state index contributed by atoms with van der Waals surface area (Å²) in [5, 5.41) is 3.33. The summed E-state index contributed by atoms with van der Waals surface area (Å²) in [5.41, 5.74) is 1.40. The van der Waals surface area contributed by atoms with Gasteiger partial charge in [0, 0.05) is 17.2 Å². The molecular weight excluding hydrogens is 210 g/mol. The molecule has 0 spiro atoms. The normalized spacial score (nSPS) is 10.4. The predicted molar refractivity (Wildman–Crippen MR) is 68.6 cm³/mol.